The van der Waals surface area contributed by atoms with Crippen LogP contribution in [-0.2, 0) is 95.2 Å². The fourth-order valence-corrected chi connectivity index (χ4v) is 15.6. The van der Waals surface area contributed by atoms with Gasteiger partial charge in [-0.05, 0) is 118 Å². The molecule has 1 N–H and O–H groups in total. The van der Waals surface area contributed by atoms with Crippen molar-refractivity contribution < 1.29 is 100 Å². The van der Waals surface area contributed by atoms with Gasteiger partial charge in [0.05, 0.1) is 11.7 Å². The third kappa shape index (κ3) is 13.6. The van der Waals surface area contributed by atoms with Gasteiger partial charge >= 0.3 is 47.8 Å². The molecule has 3 unspecified atom stereocenters. The highest BCUT2D eigenvalue weighted by molar-refractivity contribution is 5.69. The molecule has 2 aliphatic heterocycles. The van der Waals surface area contributed by atoms with E-state index in [9.17, 15) is 43.5 Å². The normalized spacial score (nSPS) is 39.1. The Morgan fingerprint density at radius 2 is 0.987 bits per heavy atom. The summed E-state index contributed by atoms with van der Waals surface area (Å²) in [4.78, 5) is 102. The van der Waals surface area contributed by atoms with Gasteiger partial charge in [-0.25, -0.2) is 0 Å². The van der Waals surface area contributed by atoms with Gasteiger partial charge in [0, 0.05) is 61.3 Å². The highest BCUT2D eigenvalue weighted by Crippen LogP contribution is 2.76. The molecule has 446 valence electrons. The second kappa shape index (κ2) is 24.8. The number of allylic oxidation sites excluding steroid dienone is 2. The van der Waals surface area contributed by atoms with Gasteiger partial charge in [0.1, 0.15) is 31.5 Å². The Kier molecular flexibility index (Phi) is 19.9. The zero-order chi connectivity index (χ0) is 58.9. The molecule has 20 atom stereocenters. The van der Waals surface area contributed by atoms with Gasteiger partial charge in [-0.3, -0.25) is 38.4 Å². The number of carbonyl (C=O) groups is 8. The standard InChI is InChI=1S/C58H88O21/c1-29(2)18-17-22-58(16,67)38-19-24-57(15)45(38)39(70-32(5)61)26-43-55(13)23-21-44(54(11,12)42(55)20-25-56(43,57)14)78-52-51(49(74-36(9)65)47(72-34(7)63)40(76-52)27-68-30(3)59)79-53-50(75-37(10)66)48(73-35(8)64)46(71-33(6)62)41(77-53)28-69-31(4)60/h18,38-53,67H,17,19-28H2,1-16H3/t38?,39-,40-,41-,42+,43-,44+,45?,46-,47-,48+,49+,50-,51-,52-,53+,55+,56-,57-,58?/m1/s1. The summed E-state index contributed by atoms with van der Waals surface area (Å²) in [5.74, 6) is -6.24. The molecule has 0 amide bonds. The van der Waals surface area contributed by atoms with Gasteiger partial charge in [-0.2, -0.15) is 0 Å². The molecule has 0 spiro atoms. The zero-order valence-corrected chi connectivity index (χ0v) is 49.2. The number of esters is 8. The molecule has 4 saturated carbocycles. The van der Waals surface area contributed by atoms with E-state index in [1.54, 1.807) is 0 Å². The van der Waals surface area contributed by atoms with Crippen LogP contribution in [0.5, 0.6) is 0 Å². The van der Waals surface area contributed by atoms with E-state index in [0.29, 0.717) is 25.7 Å². The van der Waals surface area contributed by atoms with Gasteiger partial charge < -0.3 is 61.9 Å². The lowest BCUT2D eigenvalue weighted by molar-refractivity contribution is -0.379. The van der Waals surface area contributed by atoms with Crippen molar-refractivity contribution in [1.29, 1.82) is 0 Å². The summed E-state index contributed by atoms with van der Waals surface area (Å²) in [5.41, 5.74) is -1.29. The maximum Gasteiger partial charge on any atom is 0.303 e. The topological polar surface area (TPSA) is 268 Å². The monoisotopic (exact) mass is 1120 g/mol. The Morgan fingerprint density at radius 1 is 0.532 bits per heavy atom. The maximum absolute atomic E-state index is 13.2. The van der Waals surface area contributed by atoms with Crippen molar-refractivity contribution in [3.63, 3.8) is 0 Å². The maximum atomic E-state index is 13.2. The molecule has 0 aromatic heterocycles. The second-order valence-electron chi connectivity index (χ2n) is 24.9. The SMILES string of the molecule is CC(=O)OC[C@H]1O[C@@H](O[C@H]2[C@@H](O[C@H]3CC[C@]4(C)[C@H]5C[C@@H](OC(C)=O)C6C(C(C)(O)CCC=C(C)C)CC[C@@]6(C)[C@]5(C)CC[C@H]4C3(C)C)O[C@H](COC(C)=O)[C@@H](OC(C)=O)[C@@H]2OC(C)=O)[C@H](OC(C)=O)[C@@H](OC(C)=O)[C@@H]1OC(C)=O. The average molecular weight is 1120 g/mol. The fraction of sp³-hybridized carbons (Fsp3) is 0.828. The van der Waals surface area contributed by atoms with Crippen LogP contribution in [0.3, 0.4) is 0 Å². The predicted octanol–water partition coefficient (Wildman–Crippen LogP) is 6.72. The third-order valence-corrected chi connectivity index (χ3v) is 18.8. The van der Waals surface area contributed by atoms with Crippen molar-refractivity contribution in [3.05, 3.63) is 11.6 Å². The van der Waals surface area contributed by atoms with Crippen LogP contribution in [0.25, 0.3) is 0 Å². The Balaban J connectivity index is 1.42. The number of aliphatic hydroxyl groups is 1. The van der Waals surface area contributed by atoms with Crippen LogP contribution in [0, 0.1) is 45.3 Å². The number of ether oxygens (including phenoxy) is 12. The molecule has 0 radical (unpaired) electrons. The summed E-state index contributed by atoms with van der Waals surface area (Å²) in [6.07, 6.45) is -8.46. The summed E-state index contributed by atoms with van der Waals surface area (Å²) in [6.45, 7) is 25.6. The minimum absolute atomic E-state index is 0.00282. The minimum Gasteiger partial charge on any atom is -0.463 e. The van der Waals surface area contributed by atoms with Crippen LogP contribution in [0.1, 0.15) is 169 Å². The van der Waals surface area contributed by atoms with Crippen molar-refractivity contribution in [1.82, 2.24) is 0 Å². The van der Waals surface area contributed by atoms with Crippen LogP contribution in [-0.4, -0.2) is 145 Å². The molecule has 2 saturated heterocycles. The average Bonchev–Trinajstić information content (AvgIpc) is 3.51. The minimum atomic E-state index is -1.84. The first-order chi connectivity index (χ1) is 36.7. The quantitative estimate of drug-likeness (QED) is 0.0646. The van der Waals surface area contributed by atoms with E-state index in [4.69, 9.17) is 56.8 Å². The van der Waals surface area contributed by atoms with E-state index >= 15 is 0 Å². The van der Waals surface area contributed by atoms with Crippen LogP contribution in [0.15, 0.2) is 11.6 Å². The Bertz CT molecular complexity index is 2310. The van der Waals surface area contributed by atoms with Gasteiger partial charge in [0.15, 0.2) is 49.2 Å². The van der Waals surface area contributed by atoms with E-state index in [-0.39, 0.29) is 45.9 Å². The molecule has 0 aromatic carbocycles. The van der Waals surface area contributed by atoms with E-state index in [2.05, 4.69) is 54.5 Å². The fourth-order valence-electron chi connectivity index (χ4n) is 15.6. The summed E-state index contributed by atoms with van der Waals surface area (Å²) in [7, 11) is 0. The van der Waals surface area contributed by atoms with Gasteiger partial charge in [0.25, 0.3) is 0 Å². The van der Waals surface area contributed by atoms with E-state index in [0.717, 1.165) is 73.6 Å². The van der Waals surface area contributed by atoms with Gasteiger partial charge in [0.2, 0.25) is 0 Å². The summed E-state index contributed by atoms with van der Waals surface area (Å²) >= 11 is 0. The Hall–Kier alpha value is -4.70. The lowest BCUT2D eigenvalue weighted by Crippen LogP contribution is -2.69. The lowest BCUT2D eigenvalue weighted by atomic mass is 9.35. The first-order valence-corrected chi connectivity index (χ1v) is 27.9. The first kappa shape index (κ1) is 63.5. The predicted molar refractivity (Wildman–Crippen MR) is 277 cm³/mol. The molecule has 6 rings (SSSR count). The number of hydrogen-bond donors (Lipinski definition) is 1. The van der Waals surface area contributed by atoms with E-state index in [1.165, 1.54) is 19.4 Å². The van der Waals surface area contributed by atoms with Crippen LogP contribution >= 0.6 is 0 Å². The van der Waals surface area contributed by atoms with Crippen molar-refractivity contribution in [3.8, 4) is 0 Å². The third-order valence-electron chi connectivity index (χ3n) is 18.8. The Morgan fingerprint density at radius 3 is 1.47 bits per heavy atom. The summed E-state index contributed by atoms with van der Waals surface area (Å²) in [5, 5.41) is 12.3. The number of hydrogen-bond acceptors (Lipinski definition) is 21. The zero-order valence-electron chi connectivity index (χ0n) is 49.2. The first-order valence-electron chi connectivity index (χ1n) is 27.9. The van der Waals surface area contributed by atoms with Crippen molar-refractivity contribution in [2.24, 2.45) is 45.3 Å². The summed E-state index contributed by atoms with van der Waals surface area (Å²) < 4.78 is 73.0. The molecule has 2 heterocycles. The molecule has 21 heteroatoms. The molecule has 79 heavy (non-hydrogen) atoms. The van der Waals surface area contributed by atoms with Crippen molar-refractivity contribution in [2.75, 3.05) is 13.2 Å². The molecule has 0 bridgehead atoms. The van der Waals surface area contributed by atoms with Gasteiger partial charge in [-0.1, -0.05) is 46.3 Å². The van der Waals surface area contributed by atoms with Crippen molar-refractivity contribution >= 4 is 47.8 Å². The molecule has 6 aliphatic rings. The van der Waals surface area contributed by atoms with Crippen LogP contribution in [0.4, 0.5) is 0 Å². The largest absolute Gasteiger partial charge is 0.463 e. The highest BCUT2D eigenvalue weighted by Gasteiger charge is 2.72. The van der Waals surface area contributed by atoms with E-state index in [1.807, 2.05) is 6.92 Å². The molecule has 6 fully saturated rings. The lowest BCUT2D eigenvalue weighted by Gasteiger charge is -2.71. The molecule has 21 nitrogen and oxygen atoms in total. The van der Waals surface area contributed by atoms with Gasteiger partial charge in [-0.15, -0.1) is 0 Å². The molecular weight excluding hydrogens is 1030 g/mol. The smallest absolute Gasteiger partial charge is 0.303 e. The second-order valence-corrected chi connectivity index (χ2v) is 24.9. The molecular formula is C58H88O21. The van der Waals surface area contributed by atoms with Crippen molar-refractivity contribution in [2.45, 2.75) is 248 Å². The molecule has 4 aliphatic carbocycles. The number of carbonyl (C=O) groups excluding carboxylic acids is 8. The Labute approximate surface area is 464 Å². The van der Waals surface area contributed by atoms with Crippen LogP contribution in [0.2, 0.25) is 0 Å². The molecule has 0 aromatic rings. The van der Waals surface area contributed by atoms with E-state index < -0.39 is 140 Å². The number of rotatable bonds is 18. The highest BCUT2D eigenvalue weighted by atomic mass is 16.8. The summed E-state index contributed by atoms with van der Waals surface area (Å²) in [6, 6.07) is 0. The number of fused-ring (bicyclic) bond motifs is 5. The van der Waals surface area contributed by atoms with Crippen LogP contribution < -0.4 is 0 Å².